The van der Waals surface area contributed by atoms with Crippen molar-refractivity contribution in [3.05, 3.63) is 129 Å². The number of hydrogen-bond acceptors (Lipinski definition) is 8. The van der Waals surface area contributed by atoms with Gasteiger partial charge in [-0.15, -0.1) is 0 Å². The minimum Gasteiger partial charge on any atom is -0.507 e. The van der Waals surface area contributed by atoms with Gasteiger partial charge in [-0.3, -0.25) is 9.36 Å². The number of aliphatic hydroxyl groups is 1. The quantitative estimate of drug-likeness (QED) is 0.0927. The van der Waals surface area contributed by atoms with Gasteiger partial charge >= 0.3 is 5.97 Å². The van der Waals surface area contributed by atoms with Crippen LogP contribution in [-0.4, -0.2) is 61.1 Å². The van der Waals surface area contributed by atoms with E-state index in [2.05, 4.69) is 6.07 Å². The zero-order valence-corrected chi connectivity index (χ0v) is 34.9. The number of nitrogens with zero attached hydrogens (tertiary/aromatic N) is 5. The molecule has 2 N–H and O–H groups in total. The van der Waals surface area contributed by atoms with E-state index in [4.69, 9.17) is 36.0 Å². The van der Waals surface area contributed by atoms with Crippen LogP contribution < -0.4 is 4.74 Å². The van der Waals surface area contributed by atoms with Crippen LogP contribution >= 0.6 is 11.6 Å². The first-order valence-electron chi connectivity index (χ1n) is 19.6. The van der Waals surface area contributed by atoms with Gasteiger partial charge in [0.05, 0.1) is 32.2 Å². The second kappa shape index (κ2) is 17.7. The Hall–Kier alpha value is -5.69. The van der Waals surface area contributed by atoms with Crippen LogP contribution in [0.25, 0.3) is 32.8 Å². The lowest BCUT2D eigenvalue weighted by Gasteiger charge is -2.19. The Balaban J connectivity index is 1.24. The molecule has 7 rings (SSSR count). The van der Waals surface area contributed by atoms with Crippen molar-refractivity contribution in [3.63, 3.8) is 0 Å². The van der Waals surface area contributed by atoms with Crippen LogP contribution in [0.1, 0.15) is 68.9 Å². The number of phenols is 1. The maximum absolute atomic E-state index is 14.0. The largest absolute Gasteiger partial charge is 0.507 e. The highest BCUT2D eigenvalue weighted by molar-refractivity contribution is 6.35. The highest BCUT2D eigenvalue weighted by Gasteiger charge is 2.30. The van der Waals surface area contributed by atoms with E-state index >= 15 is 0 Å². The normalized spacial score (nSPS) is 12.2. The molecule has 11 nitrogen and oxygen atoms in total. The summed E-state index contributed by atoms with van der Waals surface area (Å²) in [4.78, 5) is 13.2. The number of rotatable bonds is 16. The number of esters is 1. The number of hydrogen-bond donors (Lipinski definition) is 2. The molecular formula is C46H49ClFN5O6. The molecule has 0 aliphatic rings. The number of benzene rings is 4. The van der Waals surface area contributed by atoms with E-state index in [-0.39, 0.29) is 18.2 Å². The molecule has 4 aromatic carbocycles. The van der Waals surface area contributed by atoms with E-state index < -0.39 is 12.1 Å². The Labute approximate surface area is 347 Å². The molecule has 0 fully saturated rings. The third kappa shape index (κ3) is 8.43. The van der Waals surface area contributed by atoms with E-state index in [0.29, 0.717) is 72.4 Å². The van der Waals surface area contributed by atoms with Gasteiger partial charge < -0.3 is 29.0 Å². The monoisotopic (exact) mass is 821 g/mol. The Morgan fingerprint density at radius 2 is 1.68 bits per heavy atom. The molecule has 7 aromatic rings. The Bertz CT molecular complexity index is 2650. The van der Waals surface area contributed by atoms with Crippen molar-refractivity contribution >= 4 is 39.2 Å². The van der Waals surface area contributed by atoms with Gasteiger partial charge in [-0.2, -0.15) is 10.2 Å². The van der Waals surface area contributed by atoms with E-state index in [0.717, 1.165) is 61.6 Å². The number of carbonyl (C=O) groups excluding carboxylic acids is 1. The number of carbonyl (C=O) groups is 1. The summed E-state index contributed by atoms with van der Waals surface area (Å²) in [5.41, 5.74) is 8.85. The fraction of sp³-hybridized carbons (Fsp3) is 0.326. The molecule has 0 bridgehead atoms. The summed E-state index contributed by atoms with van der Waals surface area (Å²) in [5, 5.41) is 32.9. The van der Waals surface area contributed by atoms with Crippen LogP contribution in [0, 0.1) is 19.7 Å². The van der Waals surface area contributed by atoms with Gasteiger partial charge in [-0.25, -0.2) is 9.18 Å². The summed E-state index contributed by atoms with van der Waals surface area (Å²) in [6, 6.07) is 21.6. The molecule has 308 valence electrons. The first-order chi connectivity index (χ1) is 28.4. The second-order valence-electron chi connectivity index (χ2n) is 14.9. The maximum atomic E-state index is 14.0. The fourth-order valence-electron chi connectivity index (χ4n) is 8.07. The summed E-state index contributed by atoms with van der Waals surface area (Å²) in [7, 11) is 6.81. The van der Waals surface area contributed by atoms with Gasteiger partial charge in [0.15, 0.2) is 0 Å². The van der Waals surface area contributed by atoms with Crippen LogP contribution in [0.15, 0.2) is 72.8 Å². The molecule has 59 heavy (non-hydrogen) atoms. The summed E-state index contributed by atoms with van der Waals surface area (Å²) in [6.45, 7) is 4.58. The molecule has 1 unspecified atom stereocenters. The number of aliphatic hydroxyl groups excluding tert-OH is 1. The summed E-state index contributed by atoms with van der Waals surface area (Å²) in [5.74, 6) is 0.0633. The molecule has 0 amide bonds. The first-order valence-corrected chi connectivity index (χ1v) is 20.0. The van der Waals surface area contributed by atoms with Gasteiger partial charge in [0.1, 0.15) is 29.1 Å². The molecule has 0 saturated heterocycles. The van der Waals surface area contributed by atoms with Gasteiger partial charge in [0, 0.05) is 71.1 Å². The second-order valence-corrected chi connectivity index (χ2v) is 15.3. The van der Waals surface area contributed by atoms with Gasteiger partial charge in [0.2, 0.25) is 0 Å². The van der Waals surface area contributed by atoms with Gasteiger partial charge in [-0.1, -0.05) is 29.8 Å². The number of aromatic nitrogens is 5. The number of aryl methyl sites for hydroxylation is 7. The van der Waals surface area contributed by atoms with Gasteiger partial charge in [-0.05, 0) is 123 Å². The van der Waals surface area contributed by atoms with Crippen LogP contribution in [0.5, 0.6) is 11.5 Å². The molecular weight excluding hydrogens is 773 g/mol. The summed E-state index contributed by atoms with van der Waals surface area (Å²) < 4.78 is 37.0. The van der Waals surface area contributed by atoms with Crippen molar-refractivity contribution in [3.8, 4) is 22.6 Å². The smallest absolute Gasteiger partial charge is 0.354 e. The molecule has 1 atom stereocenters. The van der Waals surface area contributed by atoms with Crippen LogP contribution in [-0.2, 0) is 56.0 Å². The summed E-state index contributed by atoms with van der Waals surface area (Å²) >= 11 is 7.16. The van der Waals surface area contributed by atoms with E-state index in [9.17, 15) is 19.4 Å². The zero-order chi connectivity index (χ0) is 42.0. The highest BCUT2D eigenvalue weighted by Crippen LogP contribution is 2.45. The minimum atomic E-state index is -0.499. The Kier molecular flexibility index (Phi) is 12.4. The average molecular weight is 822 g/mol. The number of halogens is 2. The lowest BCUT2D eigenvalue weighted by atomic mass is 9.94. The Morgan fingerprint density at radius 1 is 0.898 bits per heavy atom. The van der Waals surface area contributed by atoms with Crippen molar-refractivity contribution in [1.29, 1.82) is 0 Å². The molecule has 0 aliphatic heterocycles. The predicted octanol–water partition coefficient (Wildman–Crippen LogP) is 8.90. The standard InChI is InChI=1S/C46H49ClFN5O6/c1-27-41-38(53(20-7-21-54)45(27)46(56)58-6)18-17-37(47)43(41)42-28(2)51(3)50-44(42)40(59-26-29-9-14-35(57-5)15-10-29)19-12-33-25-34(52(4)49-33)13-8-30-22-31-24-32(48)11-16-36(31)39(55)23-30/h9-11,14-18,22-25,40,54-55H,7-8,12-13,19-21,26H2,1-6H3. The molecule has 0 aliphatic carbocycles. The lowest BCUT2D eigenvalue weighted by molar-refractivity contribution is 0.0311. The third-order valence-electron chi connectivity index (χ3n) is 11.2. The predicted molar refractivity (Wildman–Crippen MR) is 227 cm³/mol. The topological polar surface area (TPSA) is 126 Å². The van der Waals surface area contributed by atoms with E-state index in [1.165, 1.54) is 19.2 Å². The van der Waals surface area contributed by atoms with Crippen molar-refractivity contribution in [2.24, 2.45) is 14.1 Å². The SMILES string of the molecule is COC(=O)c1c(C)c2c(-c3c(C(CCc4cc(CCc5cc(O)c6ccc(F)cc6c5)n(C)n4)OCc4ccc(OC)cc4)nn(C)c3C)c(Cl)ccc2n1CCCO. The molecule has 3 aromatic heterocycles. The maximum Gasteiger partial charge on any atom is 0.354 e. The number of ether oxygens (including phenoxy) is 3. The molecule has 3 heterocycles. The first kappa shape index (κ1) is 41.5. The molecule has 13 heteroatoms. The van der Waals surface area contributed by atoms with E-state index in [1.807, 2.05) is 84.3 Å². The molecule has 0 saturated carbocycles. The number of fused-ring (bicyclic) bond motifs is 2. The number of phenolic OH excluding ortho intramolecular Hbond substituents is 1. The van der Waals surface area contributed by atoms with E-state index in [1.54, 1.807) is 19.2 Å². The third-order valence-corrected chi connectivity index (χ3v) is 11.5. The van der Waals surface area contributed by atoms with Crippen LogP contribution in [0.2, 0.25) is 5.02 Å². The van der Waals surface area contributed by atoms with Crippen molar-refractivity contribution in [2.75, 3.05) is 20.8 Å². The Morgan fingerprint density at radius 3 is 2.41 bits per heavy atom. The van der Waals surface area contributed by atoms with Crippen molar-refractivity contribution in [1.82, 2.24) is 24.1 Å². The molecule has 0 radical (unpaired) electrons. The average Bonchev–Trinajstić information content (AvgIpc) is 3.84. The molecule has 0 spiro atoms. The van der Waals surface area contributed by atoms with Crippen LogP contribution in [0.3, 0.4) is 0 Å². The highest BCUT2D eigenvalue weighted by atomic mass is 35.5. The van der Waals surface area contributed by atoms with Crippen LogP contribution in [0.4, 0.5) is 4.39 Å². The van der Waals surface area contributed by atoms with Crippen molar-refractivity contribution < 1.29 is 33.6 Å². The summed E-state index contributed by atoms with van der Waals surface area (Å²) in [6.07, 6.45) is 2.37. The minimum absolute atomic E-state index is 0.0338. The zero-order valence-electron chi connectivity index (χ0n) is 34.2. The number of aromatic hydroxyl groups is 1. The number of methoxy groups -OCH3 is 2. The van der Waals surface area contributed by atoms with Gasteiger partial charge in [0.25, 0.3) is 0 Å². The fourth-order valence-corrected chi connectivity index (χ4v) is 8.32. The van der Waals surface area contributed by atoms with Crippen molar-refractivity contribution in [2.45, 2.75) is 65.2 Å². The lowest BCUT2D eigenvalue weighted by Crippen LogP contribution is -2.12.